The van der Waals surface area contributed by atoms with Gasteiger partial charge < -0.3 is 0 Å². The maximum absolute atomic E-state index is 12.0. The Morgan fingerprint density at radius 3 is 2.42 bits per heavy atom. The quantitative estimate of drug-likeness (QED) is 0.389. The van der Waals surface area contributed by atoms with Crippen molar-refractivity contribution in [2.24, 2.45) is 5.84 Å². The molecule has 1 unspecified atom stereocenters. The Kier molecular flexibility index (Phi) is 4.71. The van der Waals surface area contributed by atoms with Gasteiger partial charge in [0, 0.05) is 6.42 Å². The van der Waals surface area contributed by atoms with Crippen molar-refractivity contribution in [3.05, 3.63) is 0 Å². The number of nitrogens with one attached hydrogen (secondary N) is 1. The molecule has 0 aliphatic heterocycles. The molecule has 0 fully saturated rings. The van der Waals surface area contributed by atoms with Crippen molar-refractivity contribution < 1.29 is 13.2 Å². The molecular weight excluding hydrogens is 169 g/mol. The summed E-state index contributed by atoms with van der Waals surface area (Å²) in [4.78, 5) is 0. The smallest absolute Gasteiger partial charge is 0.271 e. The highest BCUT2D eigenvalue weighted by molar-refractivity contribution is 4.96. The van der Waals surface area contributed by atoms with Crippen LogP contribution in [0.4, 0.5) is 13.2 Å². The van der Waals surface area contributed by atoms with Crippen molar-refractivity contribution >= 4 is 0 Å². The van der Waals surface area contributed by atoms with E-state index in [9.17, 15) is 13.2 Å². The van der Waals surface area contributed by atoms with Crippen molar-refractivity contribution in [2.75, 3.05) is 0 Å². The number of rotatable bonds is 3. The zero-order chi connectivity index (χ0) is 9.61. The summed E-state index contributed by atoms with van der Waals surface area (Å²) in [5, 5.41) is 0. The van der Waals surface area contributed by atoms with E-state index in [2.05, 4.69) is 11.8 Å². The molecular formula is C7H11F3N2. The summed E-state index contributed by atoms with van der Waals surface area (Å²) in [6.45, 7) is 1.58. The van der Waals surface area contributed by atoms with E-state index in [4.69, 9.17) is 5.84 Å². The number of halogens is 3. The van der Waals surface area contributed by atoms with Crippen molar-refractivity contribution in [2.45, 2.75) is 32.0 Å². The van der Waals surface area contributed by atoms with Crippen molar-refractivity contribution in [1.82, 2.24) is 5.43 Å². The molecule has 2 nitrogen and oxygen atoms in total. The Morgan fingerprint density at radius 1 is 1.50 bits per heavy atom. The van der Waals surface area contributed by atoms with Gasteiger partial charge in [0.2, 0.25) is 0 Å². The minimum absolute atomic E-state index is 0.110. The summed E-state index contributed by atoms with van der Waals surface area (Å²) < 4.78 is 35.9. The molecule has 0 rings (SSSR count). The lowest BCUT2D eigenvalue weighted by molar-refractivity contribution is -0.157. The maximum Gasteiger partial charge on any atom is 0.405 e. The molecule has 0 radical (unpaired) electrons. The van der Waals surface area contributed by atoms with E-state index < -0.39 is 12.2 Å². The van der Waals surface area contributed by atoms with Crippen molar-refractivity contribution in [3.63, 3.8) is 0 Å². The molecule has 0 aromatic heterocycles. The molecule has 12 heavy (non-hydrogen) atoms. The predicted molar refractivity (Wildman–Crippen MR) is 39.9 cm³/mol. The normalized spacial score (nSPS) is 13.4. The van der Waals surface area contributed by atoms with Crippen LogP contribution in [0.3, 0.4) is 0 Å². The number of alkyl halides is 3. The molecule has 0 spiro atoms. The molecule has 70 valence electrons. The molecule has 1 atom stereocenters. The van der Waals surface area contributed by atoms with Gasteiger partial charge in [-0.15, -0.1) is 11.8 Å². The highest BCUT2D eigenvalue weighted by Gasteiger charge is 2.38. The van der Waals surface area contributed by atoms with E-state index in [1.807, 2.05) is 0 Å². The highest BCUT2D eigenvalue weighted by atomic mass is 19.4. The summed E-state index contributed by atoms with van der Waals surface area (Å²) in [6, 6.07) is -1.65. The molecule has 0 aliphatic carbocycles. The fraction of sp³-hybridized carbons (Fsp3) is 0.714. The van der Waals surface area contributed by atoms with E-state index >= 15 is 0 Å². The summed E-state index contributed by atoms with van der Waals surface area (Å²) in [5.74, 6) is 9.78. The van der Waals surface area contributed by atoms with E-state index in [-0.39, 0.29) is 12.8 Å². The average Bonchev–Trinajstić information content (AvgIpc) is 1.95. The van der Waals surface area contributed by atoms with Crippen LogP contribution in [0.2, 0.25) is 0 Å². The average molecular weight is 180 g/mol. The Balaban J connectivity index is 3.89. The maximum atomic E-state index is 12.0. The van der Waals surface area contributed by atoms with Gasteiger partial charge >= 0.3 is 6.18 Å². The summed E-state index contributed by atoms with van der Waals surface area (Å²) in [5.41, 5.74) is 1.71. The first-order valence-corrected chi connectivity index (χ1v) is 3.44. The third-order valence-electron chi connectivity index (χ3n) is 1.33. The largest absolute Gasteiger partial charge is 0.405 e. The Hall–Kier alpha value is -0.730. The minimum Gasteiger partial charge on any atom is -0.271 e. The van der Waals surface area contributed by atoms with Crippen LogP contribution < -0.4 is 11.3 Å². The van der Waals surface area contributed by atoms with Gasteiger partial charge in [0.1, 0.15) is 6.04 Å². The second-order valence-electron chi connectivity index (χ2n) is 2.23. The van der Waals surface area contributed by atoms with Crippen molar-refractivity contribution in [3.8, 4) is 11.8 Å². The molecule has 0 aromatic carbocycles. The van der Waals surface area contributed by atoms with Gasteiger partial charge in [0.15, 0.2) is 0 Å². The van der Waals surface area contributed by atoms with E-state index in [1.54, 1.807) is 12.3 Å². The fourth-order valence-electron chi connectivity index (χ4n) is 0.683. The van der Waals surface area contributed by atoms with Crippen LogP contribution in [0.25, 0.3) is 0 Å². The van der Waals surface area contributed by atoms with Gasteiger partial charge in [-0.25, -0.2) is 5.43 Å². The lowest BCUT2D eigenvalue weighted by Crippen LogP contribution is -2.45. The molecule has 0 saturated carbocycles. The van der Waals surface area contributed by atoms with Crippen LogP contribution in [0, 0.1) is 11.8 Å². The van der Waals surface area contributed by atoms with E-state index in [0.29, 0.717) is 0 Å². The summed E-state index contributed by atoms with van der Waals surface area (Å²) >= 11 is 0. The van der Waals surface area contributed by atoms with Crippen LogP contribution in [0.1, 0.15) is 19.8 Å². The monoisotopic (exact) mass is 180 g/mol. The van der Waals surface area contributed by atoms with Crippen LogP contribution in [-0.2, 0) is 0 Å². The number of hydrogen-bond acceptors (Lipinski definition) is 2. The first kappa shape index (κ1) is 11.3. The second-order valence-corrected chi connectivity index (χ2v) is 2.23. The highest BCUT2D eigenvalue weighted by Crippen LogP contribution is 2.22. The Bertz CT molecular complexity index is 177. The Morgan fingerprint density at radius 2 is 2.08 bits per heavy atom. The van der Waals surface area contributed by atoms with E-state index in [1.165, 1.54) is 0 Å². The first-order chi connectivity index (χ1) is 5.52. The Labute approximate surface area is 69.3 Å². The zero-order valence-electron chi connectivity index (χ0n) is 6.70. The first-order valence-electron chi connectivity index (χ1n) is 3.44. The molecule has 5 heteroatoms. The van der Waals surface area contributed by atoms with Gasteiger partial charge in [0.25, 0.3) is 0 Å². The van der Waals surface area contributed by atoms with Gasteiger partial charge in [-0.3, -0.25) is 5.84 Å². The molecule has 0 amide bonds. The van der Waals surface area contributed by atoms with Crippen molar-refractivity contribution in [1.29, 1.82) is 0 Å². The van der Waals surface area contributed by atoms with Gasteiger partial charge in [-0.05, 0) is 13.3 Å². The molecule has 0 heterocycles. The predicted octanol–water partition coefficient (Wildman–Crippen LogP) is 1.18. The lowest BCUT2D eigenvalue weighted by Gasteiger charge is -2.17. The molecule has 3 N–H and O–H groups in total. The van der Waals surface area contributed by atoms with Crippen LogP contribution >= 0.6 is 0 Å². The van der Waals surface area contributed by atoms with Crippen LogP contribution in [0.5, 0.6) is 0 Å². The van der Waals surface area contributed by atoms with E-state index in [0.717, 1.165) is 0 Å². The number of nitrogens with two attached hydrogens (primary N) is 1. The zero-order valence-corrected chi connectivity index (χ0v) is 6.70. The van der Waals surface area contributed by atoms with Gasteiger partial charge in [0.05, 0.1) is 0 Å². The molecule has 0 saturated heterocycles. The summed E-state index contributed by atoms with van der Waals surface area (Å²) in [6.07, 6.45) is -4.20. The second kappa shape index (κ2) is 5.01. The standard InChI is InChI=1S/C7H11F3N2/c1-2-3-4-5-6(12-11)7(8,9)10/h6,12H,4-5,11H2,1H3. The minimum atomic E-state index is -4.29. The molecule has 0 aliphatic rings. The fourth-order valence-corrected chi connectivity index (χ4v) is 0.683. The number of hydrogen-bond donors (Lipinski definition) is 2. The van der Waals surface area contributed by atoms with Crippen LogP contribution in [-0.4, -0.2) is 12.2 Å². The summed E-state index contributed by atoms with van der Waals surface area (Å²) in [7, 11) is 0. The molecule has 0 aromatic rings. The number of hydrazine groups is 1. The topological polar surface area (TPSA) is 38.0 Å². The van der Waals surface area contributed by atoms with Gasteiger partial charge in [-0.1, -0.05) is 0 Å². The third kappa shape index (κ3) is 4.21. The third-order valence-corrected chi connectivity index (χ3v) is 1.33. The SMILES string of the molecule is CC#CCCC(NN)C(F)(F)F. The van der Waals surface area contributed by atoms with Crippen LogP contribution in [0.15, 0.2) is 0 Å². The molecule has 0 bridgehead atoms. The van der Waals surface area contributed by atoms with Gasteiger partial charge in [-0.2, -0.15) is 13.2 Å². The lowest BCUT2D eigenvalue weighted by atomic mass is 10.1.